The molecule has 4 saturated heterocycles. The number of carbonyl (C=O) groups is 10. The zero-order chi connectivity index (χ0) is 104. The number of hydrogen-bond acceptors (Lipinski definition) is 22. The van der Waals surface area contributed by atoms with E-state index in [2.05, 4.69) is 0 Å². The predicted molar refractivity (Wildman–Crippen MR) is 471 cm³/mol. The molecule has 8 amide bonds. The first-order chi connectivity index (χ1) is 66.7. The molecule has 0 spiro atoms. The molecule has 6 atom stereocenters. The van der Waals surface area contributed by atoms with Crippen LogP contribution in [0.1, 0.15) is 105 Å². The maximum atomic E-state index is 13.4. The van der Waals surface area contributed by atoms with Crippen molar-refractivity contribution in [3.05, 3.63) is 335 Å². The number of cyclic esters (lactones) is 4. The van der Waals surface area contributed by atoms with Gasteiger partial charge in [-0.3, -0.25) is 68.8 Å². The van der Waals surface area contributed by atoms with Crippen LogP contribution in [0.15, 0.2) is 188 Å². The number of aryl methyl sites for hydroxylation is 2. The fraction of sp³-hybridized carbons (Fsp3) is 0.255. The molecule has 30 nitrogen and oxygen atoms in total. The van der Waals surface area contributed by atoms with Gasteiger partial charge in [-0.2, -0.15) is 0 Å². The summed E-state index contributed by atoms with van der Waals surface area (Å²) in [6.45, 7) is 3.23. The zero-order valence-electron chi connectivity index (χ0n) is 73.6. The van der Waals surface area contributed by atoms with Gasteiger partial charge in [0.2, 0.25) is 0 Å². The van der Waals surface area contributed by atoms with E-state index in [1.54, 1.807) is 48.5 Å². The highest BCUT2D eigenvalue weighted by molar-refractivity contribution is 6.22. The van der Waals surface area contributed by atoms with E-state index in [4.69, 9.17) is 47.1 Å². The first-order valence-electron chi connectivity index (χ1n) is 41.9. The normalized spacial score (nSPS) is 16.2. The van der Waals surface area contributed by atoms with E-state index in [1.165, 1.54) is 60.0 Å². The molecule has 0 saturated carbocycles. The number of aliphatic hydroxyl groups is 2. The molecule has 6 aliphatic heterocycles. The number of benzene rings is 10. The number of nitrogens with two attached hydrogens (primary N) is 2. The minimum Gasteiger partial charge on any atom is -0.444 e. The number of nitro groups is 2. The van der Waals surface area contributed by atoms with Crippen molar-refractivity contribution in [2.24, 2.45) is 5.73 Å². The Balaban J connectivity index is 0.000000183. The van der Waals surface area contributed by atoms with Crippen molar-refractivity contribution in [3.8, 4) is 0 Å². The summed E-state index contributed by atoms with van der Waals surface area (Å²) in [5.74, 6) is -18.1. The number of nitrogens with zero attached hydrogens (tertiary/aromatic N) is 8. The number of fused-ring (bicyclic) bond motifs is 2. The monoisotopic (exact) mass is 2010 g/mol. The summed E-state index contributed by atoms with van der Waals surface area (Å²) in [5, 5.41) is 40.2. The first kappa shape index (κ1) is 109. The summed E-state index contributed by atoms with van der Waals surface area (Å²) in [6.07, 6.45) is -3.93. The Morgan fingerprint density at radius 3 is 1.09 bits per heavy atom. The molecule has 0 unspecified atom stereocenters. The number of aliphatic hydroxyl groups excluding tert-OH is 2. The molecule has 746 valence electrons. The number of amides is 8. The smallest absolute Gasteiger partial charge is 0.414 e. The summed E-state index contributed by atoms with van der Waals surface area (Å²) < 4.78 is 225. The number of ether oxygens (including phenoxy) is 4. The SMILES string of the molecule is CC(=O)CC[C@H]1CN(c2cc(F)c(F)cc2[N+](=O)[O-])C(=O)O1.CC(=O)CC[C@H]1CN(c2ccc(F)c(F)c2)C(=O)O1.NC[C@H]1CN(c2ccc(F)c(F)c2)C(=O)O1.Nc1ccc(F)c(F)c1.O=C1c2ccccc2C(=O)N1C[C@H](O)CCc1ccc(F)c(F)c1.O=C1c2ccccc2C(=O)N1C[C@H]1CN(c2ccc(F)c(F)c2)C(=O)O1.O=[N+]([O-])c1ccc(F)c(F)c1.O[C@@H](CCl)CCc1ccc(F)c(F)c1. The summed E-state index contributed by atoms with van der Waals surface area (Å²) in [7, 11) is 0. The van der Waals surface area contributed by atoms with Crippen LogP contribution < -0.4 is 31.1 Å². The van der Waals surface area contributed by atoms with Gasteiger partial charge in [0.05, 0.1) is 113 Å². The lowest BCUT2D eigenvalue weighted by atomic mass is 10.1. The van der Waals surface area contributed by atoms with Crippen LogP contribution in [-0.2, 0) is 41.4 Å². The Labute approximate surface area is 794 Å². The number of carbonyl (C=O) groups excluding carboxylic acids is 10. The van der Waals surface area contributed by atoms with Crippen molar-refractivity contribution in [1.82, 2.24) is 9.80 Å². The third-order valence-corrected chi connectivity index (χ3v) is 21.2. The van der Waals surface area contributed by atoms with Crippen molar-refractivity contribution in [2.45, 2.75) is 102 Å². The number of non-ortho nitro benzene ring substituents is 1. The van der Waals surface area contributed by atoms with Crippen molar-refractivity contribution >= 4 is 111 Å². The molecule has 4 fully saturated rings. The molecule has 16 rings (SSSR count). The Morgan fingerprint density at radius 1 is 0.397 bits per heavy atom. The van der Waals surface area contributed by atoms with Gasteiger partial charge in [0, 0.05) is 61.3 Å². The van der Waals surface area contributed by atoms with Crippen LogP contribution >= 0.6 is 11.6 Å². The fourth-order valence-electron chi connectivity index (χ4n) is 13.6. The highest BCUT2D eigenvalue weighted by Gasteiger charge is 2.43. The second kappa shape index (κ2) is 50.2. The van der Waals surface area contributed by atoms with E-state index in [9.17, 15) is 144 Å². The molecule has 10 aromatic carbocycles. The number of ketones is 2. The lowest BCUT2D eigenvalue weighted by Crippen LogP contribution is -2.38. The van der Waals surface area contributed by atoms with Gasteiger partial charge in [-0.05, 0) is 173 Å². The maximum Gasteiger partial charge on any atom is 0.414 e. The molecule has 141 heavy (non-hydrogen) atoms. The van der Waals surface area contributed by atoms with Gasteiger partial charge in [0.15, 0.2) is 93.1 Å². The lowest BCUT2D eigenvalue weighted by Gasteiger charge is -2.18. The molecule has 10 aromatic rings. The Bertz CT molecular complexity index is 6280. The highest BCUT2D eigenvalue weighted by atomic mass is 35.5. The average molecular weight is 2010 g/mol. The fourth-order valence-corrected chi connectivity index (χ4v) is 13.7. The van der Waals surface area contributed by atoms with Gasteiger partial charge in [-0.25, -0.2) is 89.4 Å². The number of rotatable bonds is 24. The number of halogens is 17. The summed E-state index contributed by atoms with van der Waals surface area (Å²) in [4.78, 5) is 143. The van der Waals surface area contributed by atoms with Crippen LogP contribution in [-0.4, -0.2) is 178 Å². The van der Waals surface area contributed by atoms with Crippen LogP contribution in [0.25, 0.3) is 0 Å². The van der Waals surface area contributed by atoms with Crippen LogP contribution in [0.3, 0.4) is 0 Å². The molecule has 6 heterocycles. The molecule has 0 aromatic heterocycles. The topological polar surface area (TPSA) is 406 Å². The molecule has 6 aliphatic rings. The number of β-amino-alcohol motifs (C(OH)–C–C–N with tert-alkyl or cyclic N) is 1. The number of imide groups is 2. The first-order valence-corrected chi connectivity index (χ1v) is 42.4. The maximum absolute atomic E-state index is 13.4. The van der Waals surface area contributed by atoms with E-state index < -0.39 is 199 Å². The molecular formula is C94H81ClF16N10O20. The van der Waals surface area contributed by atoms with Crippen LogP contribution in [0.2, 0.25) is 0 Å². The summed E-state index contributed by atoms with van der Waals surface area (Å²) in [6, 6.07) is 36.1. The lowest BCUT2D eigenvalue weighted by molar-refractivity contribution is -0.385. The second-order valence-electron chi connectivity index (χ2n) is 31.1. The van der Waals surface area contributed by atoms with Crippen molar-refractivity contribution in [1.29, 1.82) is 0 Å². The average Bonchev–Trinajstić information content (AvgIpc) is 1.63. The van der Waals surface area contributed by atoms with Gasteiger partial charge in [-0.1, -0.05) is 36.4 Å². The predicted octanol–water partition coefficient (Wildman–Crippen LogP) is 17.5. The Morgan fingerprint density at radius 2 is 0.723 bits per heavy atom. The third kappa shape index (κ3) is 30.0. The van der Waals surface area contributed by atoms with Gasteiger partial charge in [0.1, 0.15) is 41.7 Å². The Kier molecular flexibility index (Phi) is 38.9. The van der Waals surface area contributed by atoms with Crippen LogP contribution in [0.4, 0.5) is 129 Å². The molecule has 0 aliphatic carbocycles. The van der Waals surface area contributed by atoms with Crippen molar-refractivity contribution in [3.63, 3.8) is 0 Å². The standard InChI is InChI=1S/C18H12F2N2O4.C18H15F2NO3.C13H12F2N2O5.C13H13F2NO3.C10H11ClF2O.C10H10F2N2O2.C6H3F2NO2.C6H5F2N/c19-14-6-5-10(7-15(14)20)21-8-11(26-18(21)25)9-22-16(23)12-3-1-2-4-13(12)17(22)24;19-15-8-6-11(9-16(15)20)5-7-12(22)10-21-17(23)13-3-1-2-4-14(13)18(21)24;1-7(18)2-3-8-6-16(13(19)22-8)11-4-9(14)10(15)5-12(11)17(20)21;1-8(17)2-4-10-7-16(13(18)19-10)9-3-5-11(14)12(15)6-9;11-6-8(14)3-1-7-2-4-9(12)10(13)5-7;11-8-2-1-6(3-9(8)12)14-5-7(4-13)16-10(14)15;7-5-2-1-4(9(10)11)3-6(5)8;7-5-2-1-4(9)3-6(5)8/h1-7,11H,8-9H2;1-4,6,8-9,12,22H,5,7,10H2;4-5,8H,2-3,6H2,1H3;3,5-6,10H,2,4,7H2,1H3;2,4-5,8,14H,1,3,6H2;1-3,7H,4-5,13H2;1-3H;1-3H,9H2/t11-;12-;8-;10-;8-;7-;;/m110010../s1. The van der Waals surface area contributed by atoms with E-state index >= 15 is 0 Å². The van der Waals surface area contributed by atoms with Crippen LogP contribution in [0, 0.1) is 113 Å². The molecule has 0 radical (unpaired) electrons. The van der Waals surface area contributed by atoms with E-state index in [1.807, 2.05) is 0 Å². The Hall–Kier alpha value is -15.5. The van der Waals surface area contributed by atoms with Gasteiger partial charge in [-0.15, -0.1) is 11.6 Å². The van der Waals surface area contributed by atoms with Crippen molar-refractivity contribution in [2.75, 3.05) is 77.0 Å². The van der Waals surface area contributed by atoms with Crippen molar-refractivity contribution < 1.29 is 157 Å². The van der Waals surface area contributed by atoms with Crippen LogP contribution in [0.5, 0.6) is 0 Å². The number of alkyl halides is 1. The number of Topliss-reactive ketones (excluding diaryl/α,β-unsaturated/α-hetero) is 2. The largest absolute Gasteiger partial charge is 0.444 e. The minimum atomic E-state index is -1.38. The van der Waals surface area contributed by atoms with E-state index in [0.717, 1.165) is 98.5 Å². The highest BCUT2D eigenvalue weighted by Crippen LogP contribution is 2.36. The molecule has 47 heteroatoms. The zero-order valence-corrected chi connectivity index (χ0v) is 74.3. The third-order valence-electron chi connectivity index (χ3n) is 20.8. The summed E-state index contributed by atoms with van der Waals surface area (Å²) in [5.41, 5.74) is 12.3. The number of nitro benzene ring substituents is 2. The van der Waals surface area contributed by atoms with E-state index in [-0.39, 0.29) is 111 Å². The van der Waals surface area contributed by atoms with Gasteiger partial charge < -0.3 is 50.2 Å². The molecule has 0 bridgehead atoms. The molecule has 6 N–H and O–H groups in total. The number of hydrogen-bond donors (Lipinski definition) is 4. The van der Waals surface area contributed by atoms with Gasteiger partial charge in [0.25, 0.3) is 35.0 Å². The number of anilines is 5. The van der Waals surface area contributed by atoms with E-state index in [0.29, 0.717) is 89.8 Å². The molecular weight excluding hydrogens is 1930 g/mol. The van der Waals surface area contributed by atoms with Gasteiger partial charge >= 0.3 is 24.4 Å². The number of nitrogen functional groups attached to an aromatic ring is 1. The quantitative estimate of drug-likeness (QED) is 0.00830. The minimum absolute atomic E-state index is 0.0112. The second-order valence-corrected chi connectivity index (χ2v) is 31.4. The summed E-state index contributed by atoms with van der Waals surface area (Å²) >= 11 is 5.39.